The second-order valence-electron chi connectivity index (χ2n) is 26.9. The largest absolute Gasteiger partial charge is 0.456 e. The lowest BCUT2D eigenvalue weighted by Gasteiger charge is -2.71. The number of carbonyl (C=O) groups excluding carboxylic acids is 3. The summed E-state index contributed by atoms with van der Waals surface area (Å²) in [5.41, 5.74) is -1.72. The SMILES string of the molecule is CC(=O)OC1COC(OC2CCC3(C)C(CCC4(C)C3CC=C3C5CC(C)(C)CCC5(C(=O)OC5OC(COC6OC(CO)C(OC7OC(C)C(O)C(O)C7O)C(O)C6O)C(O)C(O)C5O)CCC34C)C2(C)CO)C(O)C1OC(C)=O. The lowest BCUT2D eigenvalue weighted by Crippen LogP contribution is -2.67. The number of esters is 3. The van der Waals surface area contributed by atoms with Crippen molar-refractivity contribution in [3.63, 3.8) is 0 Å². The summed E-state index contributed by atoms with van der Waals surface area (Å²) in [4.78, 5) is 39.2. The van der Waals surface area contributed by atoms with E-state index in [0.717, 1.165) is 19.3 Å². The van der Waals surface area contributed by atoms with E-state index in [2.05, 4.69) is 40.7 Å². The van der Waals surface area contributed by atoms with Gasteiger partial charge in [-0.25, -0.2) is 0 Å². The van der Waals surface area contributed by atoms with E-state index in [1.807, 2.05) is 6.92 Å². The van der Waals surface area contributed by atoms with Crippen LogP contribution in [0.3, 0.4) is 0 Å². The summed E-state index contributed by atoms with van der Waals surface area (Å²) in [5, 5.41) is 120. The second kappa shape index (κ2) is 23.3. The van der Waals surface area contributed by atoms with Crippen LogP contribution in [0, 0.1) is 50.2 Å². The molecule has 0 amide bonds. The Morgan fingerprint density at radius 1 is 0.617 bits per heavy atom. The number of fused-ring (bicyclic) bond motifs is 7. The summed E-state index contributed by atoms with van der Waals surface area (Å²) in [5.74, 6) is -2.04. The topological polar surface area (TPSA) is 366 Å². The van der Waals surface area contributed by atoms with Crippen LogP contribution in [0.2, 0.25) is 0 Å². The number of ether oxygens (including phenoxy) is 10. The Labute approximate surface area is 472 Å². The zero-order valence-corrected chi connectivity index (χ0v) is 48.0. The fourth-order valence-corrected chi connectivity index (χ4v) is 16.7. The van der Waals surface area contributed by atoms with Gasteiger partial charge >= 0.3 is 17.9 Å². The summed E-state index contributed by atoms with van der Waals surface area (Å²) >= 11 is 0. The van der Waals surface area contributed by atoms with Crippen molar-refractivity contribution in [3.8, 4) is 0 Å². The fraction of sp³-hybridized carbons (Fsp3) is 0.912. The number of allylic oxidation sites excluding steroid dienone is 2. The molecule has 4 saturated heterocycles. The molecule has 0 spiro atoms. The Kier molecular flexibility index (Phi) is 18.1. The number of aliphatic hydroxyl groups is 11. The number of carbonyl (C=O) groups is 3. The Morgan fingerprint density at radius 3 is 1.93 bits per heavy atom. The van der Waals surface area contributed by atoms with Gasteiger partial charge in [0, 0.05) is 19.3 Å². The molecule has 4 saturated carbocycles. The number of rotatable bonds is 13. The van der Waals surface area contributed by atoms with E-state index >= 15 is 4.79 Å². The van der Waals surface area contributed by atoms with Crippen LogP contribution >= 0.6 is 0 Å². The zero-order chi connectivity index (χ0) is 59.3. The lowest BCUT2D eigenvalue weighted by atomic mass is 9.33. The van der Waals surface area contributed by atoms with Crippen molar-refractivity contribution < 1.29 is 118 Å². The van der Waals surface area contributed by atoms with Gasteiger partial charge in [0.1, 0.15) is 73.2 Å². The predicted octanol–water partition coefficient (Wildman–Crippen LogP) is -0.255. The first-order chi connectivity index (χ1) is 37.9. The van der Waals surface area contributed by atoms with E-state index in [0.29, 0.717) is 44.9 Å². The second-order valence-corrected chi connectivity index (χ2v) is 26.9. The van der Waals surface area contributed by atoms with Gasteiger partial charge in [-0.05, 0) is 111 Å². The maximum atomic E-state index is 15.2. The van der Waals surface area contributed by atoms with Crippen LogP contribution in [0.4, 0.5) is 0 Å². The smallest absolute Gasteiger partial charge is 0.315 e. The normalized spacial score (nSPS) is 51.5. The van der Waals surface area contributed by atoms with Crippen LogP contribution < -0.4 is 0 Å². The molecule has 462 valence electrons. The highest BCUT2D eigenvalue weighted by Gasteiger charge is 2.71. The van der Waals surface area contributed by atoms with Gasteiger partial charge < -0.3 is 104 Å². The van der Waals surface area contributed by atoms with Gasteiger partial charge in [0.25, 0.3) is 0 Å². The maximum Gasteiger partial charge on any atom is 0.315 e. The average Bonchev–Trinajstić information content (AvgIpc) is 2.44. The van der Waals surface area contributed by atoms with Gasteiger partial charge in [0.2, 0.25) is 6.29 Å². The quantitative estimate of drug-likeness (QED) is 0.0490. The van der Waals surface area contributed by atoms with Crippen molar-refractivity contribution in [1.29, 1.82) is 0 Å². The molecule has 0 bridgehead atoms. The van der Waals surface area contributed by atoms with E-state index in [1.165, 1.54) is 26.3 Å². The molecule has 28 unspecified atom stereocenters. The van der Waals surface area contributed by atoms with Gasteiger partial charge in [-0.15, -0.1) is 0 Å². The first-order valence-corrected chi connectivity index (χ1v) is 29.0. The predicted molar refractivity (Wildman–Crippen MR) is 276 cm³/mol. The standard InChI is InChI=1S/C57H90O24/c1-25-36(62)38(64)41(67)49(74-25)80-45-30(21-58)77-47(43(69)40(45)66)72-22-31-37(63)39(65)42(68)50(78-31)81-51(71)57-18-16-52(4,5)20-29(57)28-10-11-34-53(6)14-13-35(54(7,24-59)33(53)12-15-56(34,9)55(28,8)17-19-57)79-48-44(70)46(76-27(3)61)32(23-73-48)75-26(2)60/h10,25,29-50,58-59,62-70H,11-24H2,1-9H3. The highest BCUT2D eigenvalue weighted by molar-refractivity contribution is 5.79. The molecule has 8 fully saturated rings. The summed E-state index contributed by atoms with van der Waals surface area (Å²) in [6.07, 6.45) is -21.4. The molecule has 9 aliphatic rings. The minimum absolute atomic E-state index is 0.0213. The molecule has 9 rings (SSSR count). The summed E-state index contributed by atoms with van der Waals surface area (Å²) in [6, 6.07) is 0. The zero-order valence-electron chi connectivity index (χ0n) is 48.0. The molecule has 28 atom stereocenters. The van der Waals surface area contributed by atoms with E-state index in [9.17, 15) is 65.8 Å². The van der Waals surface area contributed by atoms with Crippen LogP contribution in [-0.2, 0) is 61.8 Å². The third kappa shape index (κ3) is 10.9. The summed E-state index contributed by atoms with van der Waals surface area (Å²) in [7, 11) is 0. The Balaban J connectivity index is 0.894. The average molecular weight is 1160 g/mol. The van der Waals surface area contributed by atoms with Crippen molar-refractivity contribution in [2.24, 2.45) is 50.2 Å². The minimum atomic E-state index is -1.89. The molecule has 11 N–H and O–H groups in total. The van der Waals surface area contributed by atoms with E-state index in [4.69, 9.17) is 47.4 Å². The summed E-state index contributed by atoms with van der Waals surface area (Å²) in [6.45, 7) is 15.5. The Morgan fingerprint density at radius 2 is 1.26 bits per heavy atom. The van der Waals surface area contributed by atoms with Gasteiger partial charge in [-0.3, -0.25) is 14.4 Å². The Bertz CT molecular complexity index is 2300. The fourth-order valence-electron chi connectivity index (χ4n) is 16.7. The van der Waals surface area contributed by atoms with Gasteiger partial charge in [-0.2, -0.15) is 0 Å². The van der Waals surface area contributed by atoms with Crippen molar-refractivity contribution in [1.82, 2.24) is 0 Å². The molecule has 24 nitrogen and oxygen atoms in total. The van der Waals surface area contributed by atoms with E-state index in [-0.39, 0.29) is 52.6 Å². The minimum Gasteiger partial charge on any atom is -0.456 e. The van der Waals surface area contributed by atoms with Crippen LogP contribution in [0.15, 0.2) is 11.6 Å². The molecule has 5 aliphatic carbocycles. The van der Waals surface area contributed by atoms with Crippen LogP contribution in [0.1, 0.15) is 127 Å². The first-order valence-electron chi connectivity index (χ1n) is 29.0. The van der Waals surface area contributed by atoms with Gasteiger partial charge in [0.15, 0.2) is 31.1 Å². The molecular weight excluding hydrogens is 1070 g/mol. The number of aliphatic hydroxyl groups excluding tert-OH is 11. The van der Waals surface area contributed by atoms with E-state index in [1.54, 1.807) is 0 Å². The molecule has 0 aromatic heterocycles. The maximum absolute atomic E-state index is 15.2. The van der Waals surface area contributed by atoms with Crippen molar-refractivity contribution in [3.05, 3.63) is 11.6 Å². The molecule has 24 heteroatoms. The summed E-state index contributed by atoms with van der Waals surface area (Å²) < 4.78 is 58.2. The lowest BCUT2D eigenvalue weighted by molar-refractivity contribution is -0.361. The van der Waals surface area contributed by atoms with Crippen molar-refractivity contribution >= 4 is 17.9 Å². The highest BCUT2D eigenvalue weighted by atomic mass is 16.8. The van der Waals surface area contributed by atoms with Crippen LogP contribution in [0.25, 0.3) is 0 Å². The molecule has 4 aliphatic heterocycles. The number of hydrogen-bond acceptors (Lipinski definition) is 24. The Hall–Kier alpha value is -2.57. The highest BCUT2D eigenvalue weighted by Crippen LogP contribution is 2.76. The van der Waals surface area contributed by atoms with Crippen LogP contribution in [0.5, 0.6) is 0 Å². The molecule has 81 heavy (non-hydrogen) atoms. The van der Waals surface area contributed by atoms with Crippen LogP contribution in [-0.4, -0.2) is 223 Å². The monoisotopic (exact) mass is 1160 g/mol. The molecular formula is C57H90O24. The first kappa shape index (κ1) is 62.9. The number of hydrogen-bond donors (Lipinski definition) is 11. The third-order valence-corrected chi connectivity index (χ3v) is 21.7. The molecule has 4 heterocycles. The molecule has 0 aromatic carbocycles. The molecule has 0 aromatic rings. The van der Waals surface area contributed by atoms with E-state index < -0.39 is 165 Å². The molecule has 0 radical (unpaired) electrons. The van der Waals surface area contributed by atoms with Crippen molar-refractivity contribution in [2.75, 3.05) is 26.4 Å². The van der Waals surface area contributed by atoms with Gasteiger partial charge in [-0.1, -0.05) is 53.2 Å². The van der Waals surface area contributed by atoms with Gasteiger partial charge in [0.05, 0.1) is 44.1 Å². The third-order valence-electron chi connectivity index (χ3n) is 21.7. The van der Waals surface area contributed by atoms with Crippen molar-refractivity contribution in [2.45, 2.75) is 249 Å².